The van der Waals surface area contributed by atoms with Crippen molar-refractivity contribution >= 4 is 59.6 Å². The molecular formula is C79H117NO45. The number of aliphatic hydroxyl groups is 1. The van der Waals surface area contributed by atoms with Gasteiger partial charge in [-0.25, -0.2) is 0 Å². The molecule has 1 aromatic carbocycles. The number of esters is 8. The fraction of sp³-hybridized carbons (Fsp3) is 0.797. The molecule has 7 fully saturated rings. The summed E-state index contributed by atoms with van der Waals surface area (Å²) in [6.45, 7) is 4.99. The molecule has 35 atom stereocenters. The normalized spacial score (nSPS) is 37.8. The van der Waals surface area contributed by atoms with Gasteiger partial charge in [0.05, 0.1) is 37.5 Å². The number of ether oxygens (including phenoxy) is 34. The SMILES string of the molecule is COCC1O[C@@H](O[C@H]2C(OC)C(OC)[C@@H](O[C@H]3C(OC)C(OC)[C@@H](O[C@H]4C(COC(C)=O)OC(O)C(OC)[C@H]4OC)O[C@@H]3COC)O[C@@H]2COC)C(OC)[C@@H](OC)[C@H]1O[C@@H]1OC(CN2C(=O)c3ccccc3C2=O)[C@H](O[C@H]2O[C@H](COC(C)=O)[C@@H](O[C@H]3O[C@H](COC(C)=O)[C@H](OC(C)=O)C(OC(C)=O)C3OC(C)=O)C(OC(C)=O)C2OC(C)=O)[C@H](OC)C1OC. The zero-order chi connectivity index (χ0) is 91.5. The van der Waals surface area contributed by atoms with E-state index < -0.39 is 294 Å². The summed E-state index contributed by atoms with van der Waals surface area (Å²) >= 11 is 0. The standard InChI is InChI=1S/C79H117NO45/c1-33(81)105-30-47-54(57(95-12)64(100-17)73(91)113-47)124-77-68(104-21)61(99-16)53(46(117-77)29-94-11)123-76-67(103-20)60(98-15)52(45(116-76)28-93-10)122-75-66(102-19)59(97-14)51(44(115-75)27-92-9)121-74-65(101-18)58(96-13)50(43(114-74)26-80-71(89)41-24-22-23-25-42(41)72(80)90)120-78-70(112-40(8)88)63(110-38(6)86)56(49(119-78)32-107-35(3)83)125-79-69(111-39(7)87)62(109-37(5)85)55(108-36(4)84)48(118-79)31-106-34(2)82/h22-25,43-70,73-79,91H,26-32H2,1-21H3/t43?,44?,45-,46-,47?,48-,49-,50+,51+,52-,53-,54+,55+,56-,57+,58+,59+,60?,61?,62?,63?,64?,65?,66?,67?,68?,69?,70?,73?,74+,75+,76-,77-,78-,79-/m1/s1. The molecule has 9 rings (SSSR count). The lowest BCUT2D eigenvalue weighted by atomic mass is 9.94. The fourth-order valence-electron chi connectivity index (χ4n) is 16.6. The number of carbonyl (C=O) groups excluding carboxylic acids is 10. The van der Waals surface area contributed by atoms with E-state index in [1.54, 1.807) is 12.1 Å². The van der Waals surface area contributed by atoms with E-state index in [2.05, 4.69) is 0 Å². The molecule has 708 valence electrons. The van der Waals surface area contributed by atoms with Gasteiger partial charge >= 0.3 is 47.8 Å². The highest BCUT2D eigenvalue weighted by Gasteiger charge is 2.63. The number of fused-ring (bicyclic) bond motifs is 1. The van der Waals surface area contributed by atoms with Crippen LogP contribution < -0.4 is 0 Å². The Kier molecular flexibility index (Phi) is 38.7. The number of rotatable bonds is 41. The summed E-state index contributed by atoms with van der Waals surface area (Å²) in [7, 11) is 17.8. The molecular weight excluding hydrogens is 1680 g/mol. The quantitative estimate of drug-likeness (QED) is 0.0425. The predicted molar refractivity (Wildman–Crippen MR) is 405 cm³/mol. The molecule has 7 saturated heterocycles. The lowest BCUT2D eigenvalue weighted by Crippen LogP contribution is -2.70. The fourth-order valence-corrected chi connectivity index (χ4v) is 16.6. The highest BCUT2D eigenvalue weighted by molar-refractivity contribution is 6.21. The summed E-state index contributed by atoms with van der Waals surface area (Å²) < 4.78 is 211. The number of hydrogen-bond acceptors (Lipinski definition) is 45. The van der Waals surface area contributed by atoms with Crippen molar-refractivity contribution in [3.8, 4) is 0 Å². The van der Waals surface area contributed by atoms with Crippen LogP contribution in [-0.2, 0) is 199 Å². The monoisotopic (exact) mass is 1800 g/mol. The van der Waals surface area contributed by atoms with Gasteiger partial charge in [0.1, 0.15) is 160 Å². The molecule has 1 N–H and O–H groups in total. The van der Waals surface area contributed by atoms with E-state index in [1.807, 2.05) is 0 Å². The molecule has 8 aliphatic heterocycles. The van der Waals surface area contributed by atoms with Gasteiger partial charge in [-0.3, -0.25) is 52.8 Å². The number of nitrogens with zero attached hydrogens (tertiary/aromatic N) is 1. The van der Waals surface area contributed by atoms with Crippen molar-refractivity contribution in [2.75, 3.05) is 139 Å². The van der Waals surface area contributed by atoms with Crippen LogP contribution in [0.5, 0.6) is 0 Å². The van der Waals surface area contributed by atoms with Crippen LogP contribution in [-0.4, -0.2) is 423 Å². The number of carbonyl (C=O) groups is 10. The van der Waals surface area contributed by atoms with Crippen LogP contribution >= 0.6 is 0 Å². The van der Waals surface area contributed by atoms with Crippen molar-refractivity contribution in [3.63, 3.8) is 0 Å². The Bertz CT molecular complexity index is 3660. The van der Waals surface area contributed by atoms with Gasteiger partial charge in [0.15, 0.2) is 74.6 Å². The average molecular weight is 1800 g/mol. The first-order valence-electron chi connectivity index (χ1n) is 39.9. The Morgan fingerprint density at radius 3 is 0.776 bits per heavy atom. The molecule has 8 aliphatic rings. The summed E-state index contributed by atoms with van der Waals surface area (Å²) in [6, 6.07) is 5.99. The first-order valence-corrected chi connectivity index (χ1v) is 39.9. The van der Waals surface area contributed by atoms with Gasteiger partial charge in [-0.15, -0.1) is 0 Å². The van der Waals surface area contributed by atoms with E-state index in [-0.39, 0.29) is 37.6 Å². The lowest BCUT2D eigenvalue weighted by molar-refractivity contribution is -0.402. The smallest absolute Gasteiger partial charge is 0.303 e. The molecule has 0 spiro atoms. The number of imide groups is 1. The maximum absolute atomic E-state index is 14.6. The zero-order valence-corrected chi connectivity index (χ0v) is 73.3. The van der Waals surface area contributed by atoms with E-state index in [0.29, 0.717) is 0 Å². The van der Waals surface area contributed by atoms with Gasteiger partial charge in [-0.1, -0.05) is 12.1 Å². The van der Waals surface area contributed by atoms with Crippen molar-refractivity contribution < 1.29 is 214 Å². The third kappa shape index (κ3) is 24.4. The highest BCUT2D eigenvalue weighted by atomic mass is 16.8. The molecule has 0 saturated carbocycles. The highest BCUT2D eigenvalue weighted by Crippen LogP contribution is 2.44. The maximum atomic E-state index is 14.6. The van der Waals surface area contributed by atoms with E-state index in [0.717, 1.165) is 53.4 Å². The van der Waals surface area contributed by atoms with Gasteiger partial charge in [0, 0.05) is 148 Å². The molecule has 15 unspecified atom stereocenters. The van der Waals surface area contributed by atoms with Gasteiger partial charge in [-0.05, 0) is 12.1 Å². The largest absolute Gasteiger partial charge is 0.463 e. The van der Waals surface area contributed by atoms with Gasteiger partial charge < -0.3 is 166 Å². The number of methoxy groups -OCH3 is 13. The molecule has 2 amide bonds. The van der Waals surface area contributed by atoms with E-state index in [4.69, 9.17) is 161 Å². The Morgan fingerprint density at radius 2 is 0.496 bits per heavy atom. The molecule has 46 nitrogen and oxygen atoms in total. The summed E-state index contributed by atoms with van der Waals surface area (Å²) in [5.74, 6) is -9.09. The van der Waals surface area contributed by atoms with Crippen LogP contribution in [0.15, 0.2) is 24.3 Å². The number of amides is 2. The summed E-state index contributed by atoms with van der Waals surface area (Å²) in [5, 5.41) is 11.0. The molecule has 125 heavy (non-hydrogen) atoms. The van der Waals surface area contributed by atoms with Gasteiger partial charge in [0.2, 0.25) is 0 Å². The molecule has 0 bridgehead atoms. The first-order chi connectivity index (χ1) is 59.7. The zero-order valence-electron chi connectivity index (χ0n) is 73.3. The molecule has 46 heteroatoms. The summed E-state index contributed by atoms with van der Waals surface area (Å²) in [6.07, 6.45) is -51.1. The average Bonchev–Trinajstić information content (AvgIpc) is 1.64. The molecule has 0 radical (unpaired) electrons. The van der Waals surface area contributed by atoms with Crippen molar-refractivity contribution in [2.45, 2.75) is 270 Å². The Morgan fingerprint density at radius 1 is 0.272 bits per heavy atom. The van der Waals surface area contributed by atoms with E-state index in [9.17, 15) is 53.1 Å². The van der Waals surface area contributed by atoms with Crippen LogP contribution in [0.1, 0.15) is 76.1 Å². The van der Waals surface area contributed by atoms with Crippen LogP contribution in [0.3, 0.4) is 0 Å². The van der Waals surface area contributed by atoms with Crippen molar-refractivity contribution in [1.29, 1.82) is 0 Å². The van der Waals surface area contributed by atoms with Gasteiger partial charge in [0.25, 0.3) is 11.8 Å². The van der Waals surface area contributed by atoms with Crippen LogP contribution in [0.4, 0.5) is 0 Å². The molecule has 8 heterocycles. The number of hydrogen-bond donors (Lipinski definition) is 1. The second-order valence-corrected chi connectivity index (χ2v) is 29.8. The number of benzene rings is 1. The molecule has 0 aromatic heterocycles. The summed E-state index contributed by atoms with van der Waals surface area (Å²) in [5.41, 5.74) is 0.0393. The number of aliphatic hydroxyl groups excluding tert-OH is 1. The van der Waals surface area contributed by atoms with Crippen LogP contribution in [0, 0.1) is 0 Å². The van der Waals surface area contributed by atoms with Crippen LogP contribution in [0.25, 0.3) is 0 Å². The second kappa shape index (κ2) is 47.6. The van der Waals surface area contributed by atoms with Crippen molar-refractivity contribution in [2.24, 2.45) is 0 Å². The van der Waals surface area contributed by atoms with Crippen molar-refractivity contribution in [3.05, 3.63) is 35.4 Å². The minimum absolute atomic E-state index is 0.0197. The third-order valence-electron chi connectivity index (χ3n) is 21.7. The Balaban J connectivity index is 1.03. The topological polar surface area (TPSA) is 508 Å². The van der Waals surface area contributed by atoms with Crippen molar-refractivity contribution in [1.82, 2.24) is 4.90 Å². The second-order valence-electron chi connectivity index (χ2n) is 29.8. The molecule has 1 aromatic rings. The minimum Gasteiger partial charge on any atom is -0.463 e. The third-order valence-corrected chi connectivity index (χ3v) is 21.7. The Labute approximate surface area is 720 Å². The summed E-state index contributed by atoms with van der Waals surface area (Å²) in [4.78, 5) is 133. The van der Waals surface area contributed by atoms with E-state index >= 15 is 0 Å². The molecule has 0 aliphatic carbocycles. The predicted octanol–water partition coefficient (Wildman–Crippen LogP) is -1.90. The minimum atomic E-state index is -2.07. The Hall–Kier alpha value is -6.96. The van der Waals surface area contributed by atoms with E-state index in [1.165, 1.54) is 111 Å². The maximum Gasteiger partial charge on any atom is 0.303 e. The first kappa shape index (κ1) is 102. The van der Waals surface area contributed by atoms with Gasteiger partial charge in [-0.2, -0.15) is 0 Å². The lowest BCUT2D eigenvalue weighted by Gasteiger charge is -2.52. The van der Waals surface area contributed by atoms with Crippen LogP contribution in [0.2, 0.25) is 0 Å².